The smallest absolute Gasteiger partial charge is 0.309 e. The quantitative estimate of drug-likeness (QED) is 0.464. The van der Waals surface area contributed by atoms with Crippen LogP contribution < -0.4 is 5.46 Å². The number of halogens is 1. The van der Waals surface area contributed by atoms with E-state index in [1.807, 2.05) is 43.0 Å². The molecule has 1 saturated carbocycles. The highest BCUT2D eigenvalue weighted by atomic mass is 19.1. The number of rotatable bonds is 7. The third-order valence-corrected chi connectivity index (χ3v) is 9.48. The van der Waals surface area contributed by atoms with Gasteiger partial charge in [0.2, 0.25) is 0 Å². The lowest BCUT2D eigenvalue weighted by Gasteiger charge is -2.37. The maximum Gasteiger partial charge on any atom is 0.309 e. The van der Waals surface area contributed by atoms with E-state index in [-0.39, 0.29) is 25.2 Å². The molecule has 6 nitrogen and oxygen atoms in total. The number of likely N-dealkylation sites (tertiary alicyclic amines) is 1. The highest BCUT2D eigenvalue weighted by Gasteiger charge is 2.37. The molecule has 1 atom stereocenters. The zero-order chi connectivity index (χ0) is 29.5. The molecule has 1 aliphatic carbocycles. The van der Waals surface area contributed by atoms with Crippen LogP contribution in [0.5, 0.6) is 0 Å². The van der Waals surface area contributed by atoms with Gasteiger partial charge in [-0.15, -0.1) is 0 Å². The number of hydrogen-bond acceptors (Lipinski definition) is 5. The molecule has 4 aliphatic rings. The summed E-state index contributed by atoms with van der Waals surface area (Å²) in [5.74, 6) is 0.864. The van der Waals surface area contributed by atoms with E-state index in [1.54, 1.807) is 13.8 Å². The maximum absolute atomic E-state index is 15.7. The zero-order valence-electron chi connectivity index (χ0n) is 25.6. The summed E-state index contributed by atoms with van der Waals surface area (Å²) in [4.78, 5) is 23.0. The second kappa shape index (κ2) is 11.5. The lowest BCUT2D eigenvalue weighted by atomic mass is 9.82. The average Bonchev–Trinajstić information content (AvgIpc) is 3.77. The van der Waals surface area contributed by atoms with Crippen molar-refractivity contribution in [3.05, 3.63) is 58.8 Å². The van der Waals surface area contributed by atoms with E-state index >= 15 is 4.39 Å². The summed E-state index contributed by atoms with van der Waals surface area (Å²) in [5, 5.41) is 10.4. The predicted molar refractivity (Wildman–Crippen MR) is 165 cm³/mol. The topological polar surface area (TPSA) is 65.4 Å². The third-order valence-electron chi connectivity index (χ3n) is 9.48. The number of nitrogens with zero attached hydrogens (tertiary/aromatic N) is 3. The molecule has 1 aromatic rings. The minimum absolute atomic E-state index is 0.00844. The summed E-state index contributed by atoms with van der Waals surface area (Å²) in [5.41, 5.74) is 3.00. The number of carbonyl (C=O) groups is 1. The van der Waals surface area contributed by atoms with Crippen LogP contribution in [0.25, 0.3) is 5.57 Å². The predicted octanol–water partition coefficient (Wildman–Crippen LogP) is 5.23. The summed E-state index contributed by atoms with van der Waals surface area (Å²) in [6.45, 7) is 12.8. The number of fused-ring (bicyclic) bond motifs is 1. The van der Waals surface area contributed by atoms with Crippen molar-refractivity contribution in [2.45, 2.75) is 104 Å². The zero-order valence-corrected chi connectivity index (χ0v) is 25.6. The van der Waals surface area contributed by atoms with Crippen LogP contribution in [0.4, 0.5) is 4.39 Å². The summed E-state index contributed by atoms with van der Waals surface area (Å²) in [7, 11) is 0.196. The van der Waals surface area contributed by atoms with Gasteiger partial charge in [-0.2, -0.15) is 0 Å². The average molecular weight is 562 g/mol. The molecular formula is C33H45BFN3O3. The molecule has 0 unspecified atom stereocenters. The van der Waals surface area contributed by atoms with E-state index in [4.69, 9.17) is 9.65 Å². The fourth-order valence-electron chi connectivity index (χ4n) is 5.75. The van der Waals surface area contributed by atoms with Gasteiger partial charge in [0.25, 0.3) is 5.91 Å². The van der Waals surface area contributed by atoms with Crippen LogP contribution in [0.3, 0.4) is 0 Å². The first-order chi connectivity index (χ1) is 19.4. The molecule has 3 heterocycles. The summed E-state index contributed by atoms with van der Waals surface area (Å²) in [6.07, 6.45) is 11.4. The Bertz CT molecular complexity index is 1320. The number of allylic oxidation sites excluding steroid dienone is 3. The van der Waals surface area contributed by atoms with Crippen molar-refractivity contribution in [3.8, 4) is 0 Å². The van der Waals surface area contributed by atoms with E-state index in [0.717, 1.165) is 75.0 Å². The molecule has 0 bridgehead atoms. The lowest BCUT2D eigenvalue weighted by molar-refractivity contribution is -0.125. The Morgan fingerprint density at radius 1 is 1.10 bits per heavy atom. The lowest BCUT2D eigenvalue weighted by Crippen LogP contribution is -2.49. The van der Waals surface area contributed by atoms with Crippen LogP contribution in [0, 0.1) is 11.7 Å². The number of aliphatic imine (C=N–C) groups is 1. The Morgan fingerprint density at radius 3 is 2.54 bits per heavy atom. The van der Waals surface area contributed by atoms with Crippen LogP contribution in [0.15, 0.2) is 52.4 Å². The van der Waals surface area contributed by atoms with Crippen molar-refractivity contribution >= 4 is 30.1 Å². The Kier molecular flexibility index (Phi) is 8.37. The minimum Gasteiger partial charge on any atom is -0.427 e. The highest BCUT2D eigenvalue weighted by Crippen LogP contribution is 2.43. The Labute approximate surface area is 245 Å². The van der Waals surface area contributed by atoms with Crippen LogP contribution >= 0.6 is 0 Å². The van der Waals surface area contributed by atoms with Crippen molar-refractivity contribution in [1.82, 2.24) is 9.80 Å². The first-order valence-electron chi connectivity index (χ1n) is 15.3. The minimum atomic E-state index is -1.04. The van der Waals surface area contributed by atoms with Gasteiger partial charge in [0.15, 0.2) is 0 Å². The molecule has 0 spiro atoms. The van der Waals surface area contributed by atoms with Crippen molar-refractivity contribution < 1.29 is 18.9 Å². The summed E-state index contributed by atoms with van der Waals surface area (Å²) in [6, 6.07) is 5.42. The molecule has 41 heavy (non-hydrogen) atoms. The van der Waals surface area contributed by atoms with Crippen molar-refractivity contribution in [2.24, 2.45) is 10.9 Å². The number of benzene rings is 1. The van der Waals surface area contributed by atoms with Crippen LogP contribution in [0.2, 0.25) is 0 Å². The fraction of sp³-hybridized carbons (Fsp3) is 0.576. The molecule has 3 aliphatic heterocycles. The standard InChI is InChI=1S/C33H45BFN3O3/c1-21-15-17-38-29(23-11-12-23)20-28(31(39)37-16-9-7-8-10-22(37)2)36-30(38)19-26(21)25-14-13-24(18-27(25)35)34-41-33(5,6)32(3,4)40/h13-14,18-20,22-23,34,40H,7-12,15-17H2,1-6H3/t22-/m1/s1. The van der Waals surface area contributed by atoms with Gasteiger partial charge in [-0.25, -0.2) is 9.38 Å². The van der Waals surface area contributed by atoms with E-state index in [1.165, 1.54) is 11.8 Å². The highest BCUT2D eigenvalue weighted by molar-refractivity contribution is 6.47. The molecule has 8 heteroatoms. The van der Waals surface area contributed by atoms with Gasteiger partial charge in [0, 0.05) is 30.4 Å². The van der Waals surface area contributed by atoms with E-state index in [9.17, 15) is 9.90 Å². The molecule has 1 N–H and O–H groups in total. The Balaban J connectivity index is 1.45. The molecule has 1 saturated heterocycles. The van der Waals surface area contributed by atoms with Gasteiger partial charge >= 0.3 is 7.48 Å². The first-order valence-corrected chi connectivity index (χ1v) is 15.3. The number of aliphatic hydroxyl groups is 1. The third kappa shape index (κ3) is 6.39. The van der Waals surface area contributed by atoms with Gasteiger partial charge in [-0.3, -0.25) is 4.79 Å². The maximum atomic E-state index is 15.7. The SMILES string of the molecule is CC1=C(c2ccc(BOC(C)(C)C(C)(C)O)cc2F)C=C2N=C(C(=O)N3CCCCC[C@H]3C)C=C(C3CC3)N2CC1. The van der Waals surface area contributed by atoms with Gasteiger partial charge in [-0.1, -0.05) is 30.5 Å². The second-order valence-corrected chi connectivity index (χ2v) is 13.3. The Morgan fingerprint density at radius 2 is 1.85 bits per heavy atom. The molecular weight excluding hydrogens is 516 g/mol. The second-order valence-electron chi connectivity index (χ2n) is 13.3. The number of hydrogen-bond donors (Lipinski definition) is 1. The van der Waals surface area contributed by atoms with Crippen molar-refractivity contribution in [2.75, 3.05) is 13.1 Å². The van der Waals surface area contributed by atoms with Crippen LogP contribution in [-0.2, 0) is 9.45 Å². The van der Waals surface area contributed by atoms with E-state index in [2.05, 4.69) is 18.7 Å². The van der Waals surface area contributed by atoms with Crippen molar-refractivity contribution in [3.63, 3.8) is 0 Å². The van der Waals surface area contributed by atoms with Crippen LogP contribution in [0.1, 0.15) is 92.1 Å². The Hall–Kier alpha value is -2.71. The van der Waals surface area contributed by atoms with Gasteiger partial charge in [-0.05, 0) is 109 Å². The molecule has 1 amide bonds. The van der Waals surface area contributed by atoms with Gasteiger partial charge < -0.3 is 19.6 Å². The monoisotopic (exact) mass is 561 g/mol. The summed E-state index contributed by atoms with van der Waals surface area (Å²) < 4.78 is 21.6. The molecule has 5 rings (SSSR count). The summed E-state index contributed by atoms with van der Waals surface area (Å²) >= 11 is 0. The fourth-order valence-corrected chi connectivity index (χ4v) is 5.75. The largest absolute Gasteiger partial charge is 0.427 e. The molecule has 1 aromatic carbocycles. The van der Waals surface area contributed by atoms with E-state index < -0.39 is 11.2 Å². The van der Waals surface area contributed by atoms with Crippen molar-refractivity contribution in [1.29, 1.82) is 0 Å². The number of amides is 1. The number of carbonyl (C=O) groups excluding carboxylic acids is 1. The molecule has 0 radical (unpaired) electrons. The normalized spacial score (nSPS) is 22.3. The van der Waals surface area contributed by atoms with Gasteiger partial charge in [0.05, 0.1) is 11.2 Å². The molecule has 220 valence electrons. The molecule has 2 fully saturated rings. The first kappa shape index (κ1) is 29.8. The molecule has 0 aromatic heterocycles. The van der Waals surface area contributed by atoms with E-state index in [0.29, 0.717) is 22.7 Å². The van der Waals surface area contributed by atoms with Gasteiger partial charge in [0.1, 0.15) is 17.3 Å². The van der Waals surface area contributed by atoms with Crippen LogP contribution in [-0.4, -0.2) is 64.3 Å².